The van der Waals surface area contributed by atoms with E-state index in [0.29, 0.717) is 24.9 Å². The molecule has 0 aliphatic heterocycles. The van der Waals surface area contributed by atoms with Gasteiger partial charge in [-0.3, -0.25) is 9.59 Å². The molecular weight excluding hydrogens is 289 g/mol. The highest BCUT2D eigenvalue weighted by molar-refractivity contribution is 7.70. The fourth-order valence-electron chi connectivity index (χ4n) is 1.87. The zero-order valence-corrected chi connectivity index (χ0v) is 13.4. The Morgan fingerprint density at radius 1 is 1.05 bits per heavy atom. The Kier molecular flexibility index (Phi) is 6.63. The lowest BCUT2D eigenvalue weighted by Gasteiger charge is -2.09. The van der Waals surface area contributed by atoms with E-state index < -0.39 is 13.1 Å². The Labute approximate surface area is 125 Å². The highest BCUT2D eigenvalue weighted by atomic mass is 31.2. The van der Waals surface area contributed by atoms with Crippen LogP contribution in [0.1, 0.15) is 32.1 Å². The number of aliphatic carboxylic acids is 1. The molecule has 0 atom stereocenters. The number of nitrogens with one attached hydrogen (secondary N) is 1. The maximum atomic E-state index is 11.9. The first-order valence-corrected chi connectivity index (χ1v) is 9.56. The molecule has 0 spiro atoms. The third kappa shape index (κ3) is 7.09. The first-order valence-electron chi connectivity index (χ1n) is 6.96. The Balaban J connectivity index is 2.35. The number of anilines is 1. The quantitative estimate of drug-likeness (QED) is 0.571. The van der Waals surface area contributed by atoms with Crippen LogP contribution < -0.4 is 10.6 Å². The van der Waals surface area contributed by atoms with Crippen LogP contribution in [0.3, 0.4) is 0 Å². The van der Waals surface area contributed by atoms with E-state index in [1.807, 2.05) is 0 Å². The summed E-state index contributed by atoms with van der Waals surface area (Å²) in [5.74, 6) is -0.891. The first-order chi connectivity index (χ1) is 9.79. The van der Waals surface area contributed by atoms with E-state index in [1.165, 1.54) is 0 Å². The van der Waals surface area contributed by atoms with E-state index in [2.05, 4.69) is 5.32 Å². The number of hydrogen-bond acceptors (Lipinski definition) is 3. The van der Waals surface area contributed by atoms with Crippen LogP contribution in [-0.2, 0) is 14.2 Å². The van der Waals surface area contributed by atoms with Crippen molar-refractivity contribution in [2.45, 2.75) is 32.1 Å². The SMILES string of the molecule is CP(C)(=O)c1ccc(NC(=O)CCCCCC(=O)O)cc1. The van der Waals surface area contributed by atoms with Gasteiger partial charge >= 0.3 is 5.97 Å². The van der Waals surface area contributed by atoms with Crippen molar-refractivity contribution < 1.29 is 19.3 Å². The van der Waals surface area contributed by atoms with Crippen LogP contribution in [0.2, 0.25) is 0 Å². The summed E-state index contributed by atoms with van der Waals surface area (Å²) in [6.07, 6.45) is 2.53. The van der Waals surface area contributed by atoms with Crippen molar-refractivity contribution in [1.82, 2.24) is 0 Å². The van der Waals surface area contributed by atoms with Gasteiger partial charge in [-0.25, -0.2) is 0 Å². The summed E-state index contributed by atoms with van der Waals surface area (Å²) >= 11 is 0. The van der Waals surface area contributed by atoms with Crippen molar-refractivity contribution >= 4 is 30.0 Å². The highest BCUT2D eigenvalue weighted by Crippen LogP contribution is 2.34. The molecule has 116 valence electrons. The molecule has 1 amide bonds. The maximum absolute atomic E-state index is 11.9. The second kappa shape index (κ2) is 7.99. The van der Waals surface area contributed by atoms with Gasteiger partial charge in [0, 0.05) is 23.8 Å². The van der Waals surface area contributed by atoms with Crippen molar-refractivity contribution in [1.29, 1.82) is 0 Å². The zero-order chi connectivity index (χ0) is 15.9. The monoisotopic (exact) mass is 311 g/mol. The molecule has 0 aromatic heterocycles. The van der Waals surface area contributed by atoms with Crippen molar-refractivity contribution in [3.05, 3.63) is 24.3 Å². The number of carboxylic acids is 1. The summed E-state index contributed by atoms with van der Waals surface area (Å²) in [5, 5.41) is 12.1. The van der Waals surface area contributed by atoms with E-state index in [-0.39, 0.29) is 12.3 Å². The van der Waals surface area contributed by atoms with E-state index in [4.69, 9.17) is 5.11 Å². The lowest BCUT2D eigenvalue weighted by atomic mass is 10.1. The average molecular weight is 311 g/mol. The third-order valence-electron chi connectivity index (χ3n) is 3.07. The number of benzene rings is 1. The number of carbonyl (C=O) groups is 2. The second-order valence-corrected chi connectivity index (χ2v) is 8.62. The van der Waals surface area contributed by atoms with Gasteiger partial charge in [-0.15, -0.1) is 0 Å². The van der Waals surface area contributed by atoms with E-state index in [9.17, 15) is 14.2 Å². The number of rotatable bonds is 8. The summed E-state index contributed by atoms with van der Waals surface area (Å²) in [7, 11) is -2.27. The van der Waals surface area contributed by atoms with Crippen LogP contribution in [0, 0.1) is 0 Å². The number of hydrogen-bond donors (Lipinski definition) is 2. The van der Waals surface area contributed by atoms with E-state index >= 15 is 0 Å². The van der Waals surface area contributed by atoms with Gasteiger partial charge < -0.3 is 15.0 Å². The van der Waals surface area contributed by atoms with Gasteiger partial charge in [0.1, 0.15) is 7.14 Å². The maximum Gasteiger partial charge on any atom is 0.303 e. The molecule has 0 radical (unpaired) electrons. The summed E-state index contributed by atoms with van der Waals surface area (Å²) in [6.45, 7) is 3.41. The molecule has 2 N–H and O–H groups in total. The highest BCUT2D eigenvalue weighted by Gasteiger charge is 2.10. The molecular formula is C15H22NO4P. The molecule has 0 heterocycles. The van der Waals surface area contributed by atoms with Crippen molar-refractivity contribution in [3.8, 4) is 0 Å². The number of amides is 1. The predicted molar refractivity (Wildman–Crippen MR) is 84.9 cm³/mol. The summed E-state index contributed by atoms with van der Waals surface area (Å²) < 4.78 is 11.9. The molecule has 1 aromatic carbocycles. The van der Waals surface area contributed by atoms with Gasteiger partial charge in [0.25, 0.3) is 0 Å². The van der Waals surface area contributed by atoms with E-state index in [1.54, 1.807) is 37.6 Å². The van der Waals surface area contributed by atoms with Crippen LogP contribution in [0.5, 0.6) is 0 Å². The summed E-state index contributed by atoms with van der Waals surface area (Å²) in [6, 6.07) is 7.03. The van der Waals surface area contributed by atoms with Crippen LogP contribution >= 0.6 is 7.14 Å². The van der Waals surface area contributed by atoms with Gasteiger partial charge in [0.2, 0.25) is 5.91 Å². The smallest absolute Gasteiger partial charge is 0.303 e. The topological polar surface area (TPSA) is 83.5 Å². The molecule has 5 nitrogen and oxygen atoms in total. The van der Waals surface area contributed by atoms with Gasteiger partial charge in [-0.05, 0) is 50.4 Å². The van der Waals surface area contributed by atoms with Gasteiger partial charge in [-0.1, -0.05) is 6.42 Å². The predicted octanol–water partition coefficient (Wildman–Crippen LogP) is 2.91. The molecule has 1 aromatic rings. The normalized spacial score (nSPS) is 11.1. The molecule has 0 saturated carbocycles. The molecule has 21 heavy (non-hydrogen) atoms. The van der Waals surface area contributed by atoms with Crippen LogP contribution in [0.15, 0.2) is 24.3 Å². The lowest BCUT2D eigenvalue weighted by Crippen LogP contribution is -2.12. The second-order valence-electron chi connectivity index (χ2n) is 5.40. The molecule has 0 unspecified atom stereocenters. The number of carbonyl (C=O) groups excluding carboxylic acids is 1. The minimum absolute atomic E-state index is 0.0887. The molecule has 0 saturated heterocycles. The molecule has 1 rings (SSSR count). The Bertz CT molecular complexity index is 533. The van der Waals surface area contributed by atoms with Crippen molar-refractivity contribution in [2.24, 2.45) is 0 Å². The summed E-state index contributed by atoms with van der Waals surface area (Å²) in [5.41, 5.74) is 0.683. The Hall–Kier alpha value is -1.61. The molecule has 0 bridgehead atoms. The fourth-order valence-corrected chi connectivity index (χ4v) is 2.73. The zero-order valence-electron chi connectivity index (χ0n) is 12.5. The summed E-state index contributed by atoms with van der Waals surface area (Å²) in [4.78, 5) is 22.0. The molecule has 0 aliphatic rings. The van der Waals surface area contributed by atoms with Crippen LogP contribution in [0.4, 0.5) is 5.69 Å². The standard InChI is InChI=1S/C15H22NO4P/c1-21(2,20)13-10-8-12(9-11-13)16-14(17)6-4-3-5-7-15(18)19/h8-11H,3-7H2,1-2H3,(H,16,17)(H,18,19). The Morgan fingerprint density at radius 3 is 2.14 bits per heavy atom. The Morgan fingerprint density at radius 2 is 1.62 bits per heavy atom. The van der Waals surface area contributed by atoms with Crippen molar-refractivity contribution in [2.75, 3.05) is 18.6 Å². The molecule has 0 aliphatic carbocycles. The largest absolute Gasteiger partial charge is 0.481 e. The molecule has 0 fully saturated rings. The van der Waals surface area contributed by atoms with E-state index in [0.717, 1.165) is 11.7 Å². The van der Waals surface area contributed by atoms with Crippen LogP contribution in [-0.4, -0.2) is 30.3 Å². The van der Waals surface area contributed by atoms with Gasteiger partial charge in [-0.2, -0.15) is 0 Å². The van der Waals surface area contributed by atoms with Crippen molar-refractivity contribution in [3.63, 3.8) is 0 Å². The fraction of sp³-hybridized carbons (Fsp3) is 0.467. The average Bonchev–Trinajstić information content (AvgIpc) is 2.37. The van der Waals surface area contributed by atoms with Gasteiger partial charge in [0.05, 0.1) is 0 Å². The lowest BCUT2D eigenvalue weighted by molar-refractivity contribution is -0.137. The number of carboxylic acid groups (broad SMARTS) is 1. The minimum atomic E-state index is -2.27. The molecule has 6 heteroatoms. The van der Waals surface area contributed by atoms with Gasteiger partial charge in [0.15, 0.2) is 0 Å². The third-order valence-corrected chi connectivity index (χ3v) is 4.61. The number of unbranched alkanes of at least 4 members (excludes halogenated alkanes) is 2. The van der Waals surface area contributed by atoms with Crippen LogP contribution in [0.25, 0.3) is 0 Å². The minimum Gasteiger partial charge on any atom is -0.481 e. The first kappa shape index (κ1) is 17.4.